The quantitative estimate of drug-likeness (QED) is 0.885. The Morgan fingerprint density at radius 1 is 1.29 bits per heavy atom. The summed E-state index contributed by atoms with van der Waals surface area (Å²) in [6.45, 7) is 2.65. The summed E-state index contributed by atoms with van der Waals surface area (Å²) in [4.78, 5) is 4.27. The first kappa shape index (κ1) is 15.4. The third kappa shape index (κ3) is 3.55. The second kappa shape index (κ2) is 7.13. The Balaban J connectivity index is 2.49. The van der Waals surface area contributed by atoms with Crippen LogP contribution < -0.4 is 10.1 Å². The highest BCUT2D eigenvalue weighted by Crippen LogP contribution is 2.29. The molecule has 1 aromatic heterocycles. The molecule has 0 bridgehead atoms. The lowest BCUT2D eigenvalue weighted by atomic mass is 10.0. The predicted octanol–water partition coefficient (Wildman–Crippen LogP) is 3.46. The minimum Gasteiger partial charge on any atom is -0.495 e. The number of ether oxygens (including phenoxy) is 1. The van der Waals surface area contributed by atoms with Crippen molar-refractivity contribution in [3.05, 3.63) is 59.4 Å². The number of rotatable bonds is 6. The van der Waals surface area contributed by atoms with Crippen LogP contribution in [0, 0.1) is 11.6 Å². The van der Waals surface area contributed by atoms with Crippen molar-refractivity contribution in [3.63, 3.8) is 0 Å². The van der Waals surface area contributed by atoms with Crippen LogP contribution in [0.4, 0.5) is 8.78 Å². The standard InChI is InChI=1S/C16H18F2N2O/c1-3-8-19-15(12-10-11(17)6-7-13(12)18)16-14(21-2)5-4-9-20-16/h4-7,9-10,15,19H,3,8H2,1-2H3. The average Bonchev–Trinajstić information content (AvgIpc) is 2.51. The molecule has 1 atom stereocenters. The number of nitrogens with one attached hydrogen (secondary N) is 1. The molecule has 0 aliphatic carbocycles. The van der Waals surface area contributed by atoms with Crippen molar-refractivity contribution in [2.45, 2.75) is 19.4 Å². The largest absolute Gasteiger partial charge is 0.495 e. The molecule has 1 N–H and O–H groups in total. The minimum atomic E-state index is -0.559. The maximum absolute atomic E-state index is 14.1. The van der Waals surface area contributed by atoms with Gasteiger partial charge in [0.2, 0.25) is 0 Å². The van der Waals surface area contributed by atoms with E-state index in [-0.39, 0.29) is 5.56 Å². The summed E-state index contributed by atoms with van der Waals surface area (Å²) in [5.74, 6) is -0.419. The first-order valence-corrected chi connectivity index (χ1v) is 6.84. The molecule has 0 fully saturated rings. The van der Waals surface area contributed by atoms with Gasteiger partial charge in [-0.05, 0) is 43.3 Å². The van der Waals surface area contributed by atoms with E-state index in [1.165, 1.54) is 13.2 Å². The molecule has 0 aliphatic heterocycles. The molecule has 2 aromatic rings. The average molecular weight is 292 g/mol. The van der Waals surface area contributed by atoms with Gasteiger partial charge in [-0.25, -0.2) is 8.78 Å². The Morgan fingerprint density at radius 2 is 2.10 bits per heavy atom. The molecule has 1 heterocycles. The molecule has 112 valence electrons. The van der Waals surface area contributed by atoms with E-state index in [0.717, 1.165) is 18.6 Å². The molecule has 5 heteroatoms. The molecule has 0 amide bonds. The van der Waals surface area contributed by atoms with Gasteiger partial charge in [-0.3, -0.25) is 4.98 Å². The zero-order chi connectivity index (χ0) is 15.2. The number of nitrogens with zero attached hydrogens (tertiary/aromatic N) is 1. The van der Waals surface area contributed by atoms with E-state index in [0.29, 0.717) is 18.0 Å². The molecule has 0 radical (unpaired) electrons. The monoisotopic (exact) mass is 292 g/mol. The maximum Gasteiger partial charge on any atom is 0.142 e. The summed E-state index contributed by atoms with van der Waals surface area (Å²) >= 11 is 0. The highest BCUT2D eigenvalue weighted by atomic mass is 19.1. The summed E-state index contributed by atoms with van der Waals surface area (Å²) in [6.07, 6.45) is 2.47. The van der Waals surface area contributed by atoms with Gasteiger partial charge in [0, 0.05) is 11.8 Å². The Hall–Kier alpha value is -2.01. The molecule has 0 aliphatic rings. The van der Waals surface area contributed by atoms with Gasteiger partial charge in [-0.1, -0.05) is 6.92 Å². The van der Waals surface area contributed by atoms with Crippen molar-refractivity contribution in [1.29, 1.82) is 0 Å². The van der Waals surface area contributed by atoms with Crippen LogP contribution in [0.25, 0.3) is 0 Å². The van der Waals surface area contributed by atoms with Crippen molar-refractivity contribution < 1.29 is 13.5 Å². The molecule has 0 saturated heterocycles. The fourth-order valence-corrected chi connectivity index (χ4v) is 2.17. The van der Waals surface area contributed by atoms with Gasteiger partial charge < -0.3 is 10.1 Å². The molecule has 3 nitrogen and oxygen atoms in total. The van der Waals surface area contributed by atoms with Gasteiger partial charge in [-0.2, -0.15) is 0 Å². The number of benzene rings is 1. The fourth-order valence-electron chi connectivity index (χ4n) is 2.17. The Bertz CT molecular complexity index is 605. The zero-order valence-electron chi connectivity index (χ0n) is 12.1. The molecule has 0 spiro atoms. The molecular weight excluding hydrogens is 274 g/mol. The van der Waals surface area contributed by atoms with Crippen molar-refractivity contribution in [2.24, 2.45) is 0 Å². The number of hydrogen-bond donors (Lipinski definition) is 1. The first-order chi connectivity index (χ1) is 10.2. The van der Waals surface area contributed by atoms with Crippen molar-refractivity contribution in [3.8, 4) is 5.75 Å². The van der Waals surface area contributed by atoms with Crippen molar-refractivity contribution in [2.75, 3.05) is 13.7 Å². The highest BCUT2D eigenvalue weighted by Gasteiger charge is 2.22. The van der Waals surface area contributed by atoms with Crippen LogP contribution in [0.15, 0.2) is 36.5 Å². The lowest BCUT2D eigenvalue weighted by Gasteiger charge is -2.21. The van der Waals surface area contributed by atoms with Crippen molar-refractivity contribution in [1.82, 2.24) is 10.3 Å². The first-order valence-electron chi connectivity index (χ1n) is 6.84. The van der Waals surface area contributed by atoms with E-state index in [1.807, 2.05) is 6.92 Å². The fraction of sp³-hybridized carbons (Fsp3) is 0.312. The van der Waals surface area contributed by atoms with Crippen LogP contribution in [0.2, 0.25) is 0 Å². The molecule has 2 rings (SSSR count). The van der Waals surface area contributed by atoms with Gasteiger partial charge in [0.25, 0.3) is 0 Å². The molecule has 1 aromatic carbocycles. The topological polar surface area (TPSA) is 34.2 Å². The van der Waals surface area contributed by atoms with Crippen LogP contribution in [0.3, 0.4) is 0 Å². The van der Waals surface area contributed by atoms with E-state index < -0.39 is 17.7 Å². The second-order valence-electron chi connectivity index (χ2n) is 4.64. The second-order valence-corrected chi connectivity index (χ2v) is 4.64. The Labute approximate surface area is 123 Å². The van der Waals surface area contributed by atoms with Gasteiger partial charge in [-0.15, -0.1) is 0 Å². The summed E-state index contributed by atoms with van der Waals surface area (Å²) in [7, 11) is 1.53. The smallest absolute Gasteiger partial charge is 0.142 e. The van der Waals surface area contributed by atoms with E-state index in [1.54, 1.807) is 18.3 Å². The molecule has 21 heavy (non-hydrogen) atoms. The maximum atomic E-state index is 14.1. The third-order valence-electron chi connectivity index (χ3n) is 3.16. The van der Waals surface area contributed by atoms with E-state index in [2.05, 4.69) is 10.3 Å². The number of aromatic nitrogens is 1. The molecule has 0 saturated carbocycles. The van der Waals surface area contributed by atoms with Crippen LogP contribution in [0.5, 0.6) is 5.75 Å². The predicted molar refractivity (Wildman–Crippen MR) is 77.3 cm³/mol. The summed E-state index contributed by atoms with van der Waals surface area (Å²) in [5, 5.41) is 3.20. The lowest BCUT2D eigenvalue weighted by Crippen LogP contribution is -2.25. The number of pyridine rings is 1. The zero-order valence-corrected chi connectivity index (χ0v) is 12.1. The number of methoxy groups -OCH3 is 1. The van der Waals surface area contributed by atoms with Gasteiger partial charge in [0.05, 0.1) is 13.2 Å². The highest BCUT2D eigenvalue weighted by molar-refractivity contribution is 5.37. The number of hydrogen-bond acceptors (Lipinski definition) is 3. The lowest BCUT2D eigenvalue weighted by molar-refractivity contribution is 0.398. The Kier molecular flexibility index (Phi) is 5.22. The Morgan fingerprint density at radius 3 is 2.81 bits per heavy atom. The van der Waals surface area contributed by atoms with Crippen LogP contribution in [0.1, 0.15) is 30.6 Å². The summed E-state index contributed by atoms with van der Waals surface area (Å²) in [5.41, 5.74) is 0.762. The third-order valence-corrected chi connectivity index (χ3v) is 3.16. The van der Waals surface area contributed by atoms with Crippen LogP contribution in [-0.4, -0.2) is 18.6 Å². The minimum absolute atomic E-state index is 0.223. The molecule has 1 unspecified atom stereocenters. The summed E-state index contributed by atoms with van der Waals surface area (Å²) < 4.78 is 32.9. The van der Waals surface area contributed by atoms with Crippen LogP contribution in [-0.2, 0) is 0 Å². The van der Waals surface area contributed by atoms with E-state index >= 15 is 0 Å². The van der Waals surface area contributed by atoms with E-state index in [9.17, 15) is 8.78 Å². The summed E-state index contributed by atoms with van der Waals surface area (Å²) in [6, 6.07) is 6.35. The van der Waals surface area contributed by atoms with Crippen molar-refractivity contribution >= 4 is 0 Å². The molecular formula is C16H18F2N2O. The van der Waals surface area contributed by atoms with Gasteiger partial charge >= 0.3 is 0 Å². The SMILES string of the molecule is CCCNC(c1cc(F)ccc1F)c1ncccc1OC. The number of halogens is 2. The van der Waals surface area contributed by atoms with Gasteiger partial charge in [0.15, 0.2) is 0 Å². The van der Waals surface area contributed by atoms with Crippen LogP contribution >= 0.6 is 0 Å². The van der Waals surface area contributed by atoms with Gasteiger partial charge in [0.1, 0.15) is 23.1 Å². The van der Waals surface area contributed by atoms with E-state index in [4.69, 9.17) is 4.74 Å². The normalized spacial score (nSPS) is 12.2.